The molecule has 0 aliphatic heterocycles. The molecule has 10 heteroatoms. The molecule has 0 radical (unpaired) electrons. The predicted octanol–water partition coefficient (Wildman–Crippen LogP) is 1.04. The van der Waals surface area contributed by atoms with E-state index in [4.69, 9.17) is 11.1 Å². The fourth-order valence-electron chi connectivity index (χ4n) is 1.71. The van der Waals surface area contributed by atoms with E-state index in [1.54, 1.807) is 0 Å². The Balaban J connectivity index is 0.00000484. The molecule has 0 bridgehead atoms. The number of guanidine groups is 1. The van der Waals surface area contributed by atoms with Crippen molar-refractivity contribution < 1.29 is 17.8 Å². The monoisotopic (exact) mass is 381 g/mol. The molecule has 1 aromatic rings. The number of unbranched alkanes of at least 4 members (excludes halogenated alkanes) is 1. The highest BCUT2D eigenvalue weighted by atomic mass is 35.5. The zero-order valence-corrected chi connectivity index (χ0v) is 15.2. The molecule has 1 rings (SSSR count). The predicted molar refractivity (Wildman–Crippen MR) is 92.4 cm³/mol. The molecule has 23 heavy (non-hydrogen) atoms. The van der Waals surface area contributed by atoms with Gasteiger partial charge in [0.1, 0.15) is 10.6 Å². The number of nitrogens with one attached hydrogen (secondary N) is 2. The zero-order chi connectivity index (χ0) is 16.9. The average molecular weight is 382 g/mol. The van der Waals surface area contributed by atoms with Crippen molar-refractivity contribution in [3.63, 3.8) is 0 Å². The van der Waals surface area contributed by atoms with E-state index in [9.17, 15) is 17.8 Å². The normalized spacial score (nSPS) is 12.1. The van der Waals surface area contributed by atoms with Crippen LogP contribution in [0.3, 0.4) is 0 Å². The molecular formula is C13H20ClN3O4S2. The third-order valence-corrected chi connectivity index (χ3v) is 5.55. The van der Waals surface area contributed by atoms with Gasteiger partial charge in [0, 0.05) is 11.8 Å². The minimum atomic E-state index is -3.65. The molecule has 4 N–H and O–H groups in total. The van der Waals surface area contributed by atoms with Crippen molar-refractivity contribution in [1.29, 1.82) is 5.41 Å². The Labute approximate surface area is 145 Å². The summed E-state index contributed by atoms with van der Waals surface area (Å²) in [6, 6.07) is 3.90. The number of sulfone groups is 1. The van der Waals surface area contributed by atoms with Crippen LogP contribution in [0.2, 0.25) is 0 Å². The quantitative estimate of drug-likeness (QED) is 0.384. The number of rotatable bonds is 6. The van der Waals surface area contributed by atoms with E-state index < -0.39 is 32.9 Å². The highest BCUT2D eigenvalue weighted by Crippen LogP contribution is 2.24. The second kappa shape index (κ2) is 9.11. The third kappa shape index (κ3) is 6.38. The smallest absolute Gasteiger partial charge is 0.257 e. The third-order valence-electron chi connectivity index (χ3n) is 2.78. The van der Waals surface area contributed by atoms with E-state index in [-0.39, 0.29) is 27.8 Å². The summed E-state index contributed by atoms with van der Waals surface area (Å²) in [7, 11) is -3.65. The number of amides is 1. The topological polar surface area (TPSA) is 136 Å². The van der Waals surface area contributed by atoms with Crippen molar-refractivity contribution in [2.75, 3.05) is 12.0 Å². The van der Waals surface area contributed by atoms with E-state index in [0.29, 0.717) is 12.2 Å². The number of hydrogen-bond donors (Lipinski definition) is 3. The number of carbonyl (C=O) groups is 1. The molecule has 1 unspecified atom stereocenters. The summed E-state index contributed by atoms with van der Waals surface area (Å²) in [6.07, 6.45) is 2.55. The minimum Gasteiger partial charge on any atom is -0.611 e. The highest BCUT2D eigenvalue weighted by Gasteiger charge is 2.24. The van der Waals surface area contributed by atoms with E-state index in [0.717, 1.165) is 18.7 Å². The van der Waals surface area contributed by atoms with E-state index >= 15 is 0 Å². The molecule has 7 nitrogen and oxygen atoms in total. The van der Waals surface area contributed by atoms with Crippen LogP contribution >= 0.6 is 12.4 Å². The lowest BCUT2D eigenvalue weighted by atomic mass is 10.2. The van der Waals surface area contributed by atoms with E-state index in [2.05, 4.69) is 5.32 Å². The maximum atomic E-state index is 12.2. The van der Waals surface area contributed by atoms with Crippen LogP contribution in [0.15, 0.2) is 28.0 Å². The summed E-state index contributed by atoms with van der Waals surface area (Å²) in [5.41, 5.74) is 5.11. The van der Waals surface area contributed by atoms with Gasteiger partial charge in [-0.25, -0.2) is 8.42 Å². The fourth-order valence-corrected chi connectivity index (χ4v) is 4.49. The molecule has 0 saturated carbocycles. The fraction of sp³-hybridized carbons (Fsp3) is 0.385. The molecular weight excluding hydrogens is 362 g/mol. The van der Waals surface area contributed by atoms with Crippen molar-refractivity contribution in [3.05, 3.63) is 23.8 Å². The van der Waals surface area contributed by atoms with Crippen LogP contribution in [0.1, 0.15) is 30.1 Å². The van der Waals surface area contributed by atoms with Crippen molar-refractivity contribution in [3.8, 4) is 0 Å². The van der Waals surface area contributed by atoms with Gasteiger partial charge in [0.05, 0.1) is 0 Å². The second-order valence-electron chi connectivity index (χ2n) is 4.70. The second-order valence-corrected chi connectivity index (χ2v) is 8.23. The summed E-state index contributed by atoms with van der Waals surface area (Å²) in [5, 5.41) is 9.09. The number of benzene rings is 1. The zero-order valence-electron chi connectivity index (χ0n) is 12.8. The molecule has 0 aromatic heterocycles. The first-order valence-corrected chi connectivity index (χ1v) is 9.75. The van der Waals surface area contributed by atoms with Gasteiger partial charge in [0.25, 0.3) is 5.91 Å². The molecule has 0 aliphatic carbocycles. The van der Waals surface area contributed by atoms with Crippen LogP contribution in [0.4, 0.5) is 0 Å². The van der Waals surface area contributed by atoms with Crippen LogP contribution in [0.25, 0.3) is 0 Å². The van der Waals surface area contributed by atoms with Gasteiger partial charge in [-0.05, 0) is 35.8 Å². The lowest BCUT2D eigenvalue weighted by molar-refractivity contribution is 0.0976. The Kier molecular flexibility index (Phi) is 8.60. The van der Waals surface area contributed by atoms with Gasteiger partial charge in [-0.3, -0.25) is 15.5 Å². The van der Waals surface area contributed by atoms with Gasteiger partial charge in [-0.1, -0.05) is 13.3 Å². The first kappa shape index (κ1) is 21.7. The SMILES string of the molecule is CCCC[S+]([O-])c1ccc(C(=O)NC(=N)N)cc1S(C)(=O)=O.Cl. The van der Waals surface area contributed by atoms with Crippen LogP contribution in [-0.2, 0) is 21.0 Å². The molecule has 1 amide bonds. The first-order chi connectivity index (χ1) is 10.2. The van der Waals surface area contributed by atoms with Crippen molar-refractivity contribution in [2.45, 2.75) is 29.6 Å². The average Bonchev–Trinajstić information content (AvgIpc) is 2.42. The van der Waals surface area contributed by atoms with Gasteiger partial charge >= 0.3 is 0 Å². The number of halogens is 1. The van der Waals surface area contributed by atoms with Crippen molar-refractivity contribution in [1.82, 2.24) is 5.32 Å². The number of carbonyl (C=O) groups excluding carboxylic acids is 1. The Hall–Kier alpha value is -1.29. The van der Waals surface area contributed by atoms with Crippen LogP contribution in [0, 0.1) is 5.41 Å². The highest BCUT2D eigenvalue weighted by molar-refractivity contribution is 7.94. The minimum absolute atomic E-state index is 0. The number of hydrogen-bond acceptors (Lipinski definition) is 5. The van der Waals surface area contributed by atoms with Gasteiger partial charge in [0.2, 0.25) is 0 Å². The summed E-state index contributed by atoms with van der Waals surface area (Å²) >= 11 is -1.45. The molecule has 0 aliphatic rings. The Bertz CT molecular complexity index is 680. The Morgan fingerprint density at radius 3 is 2.52 bits per heavy atom. The first-order valence-electron chi connectivity index (χ1n) is 6.54. The molecule has 0 spiro atoms. The molecule has 0 heterocycles. The lowest BCUT2D eigenvalue weighted by Gasteiger charge is -2.14. The van der Waals surface area contributed by atoms with Crippen LogP contribution in [-0.4, -0.2) is 36.8 Å². The maximum absolute atomic E-state index is 12.2. The van der Waals surface area contributed by atoms with Crippen LogP contribution < -0.4 is 11.1 Å². The Morgan fingerprint density at radius 2 is 2.04 bits per heavy atom. The van der Waals surface area contributed by atoms with Gasteiger partial charge in [0.15, 0.2) is 20.7 Å². The molecule has 130 valence electrons. The molecule has 1 atom stereocenters. The van der Waals surface area contributed by atoms with E-state index in [1.807, 2.05) is 6.92 Å². The standard InChI is InChI=1S/C13H19N3O4S2.ClH/c1-3-4-7-21(18)10-6-5-9(12(17)16-13(14)15)8-11(10)22(2,19)20;/h5-6,8H,3-4,7H2,1-2H3,(H4,14,15,16,17);1H. The summed E-state index contributed by atoms with van der Waals surface area (Å²) in [5.74, 6) is -0.873. The van der Waals surface area contributed by atoms with Crippen molar-refractivity contribution in [2.24, 2.45) is 5.73 Å². The van der Waals surface area contributed by atoms with Crippen LogP contribution in [0.5, 0.6) is 0 Å². The number of nitrogens with two attached hydrogens (primary N) is 1. The molecule has 0 saturated heterocycles. The summed E-state index contributed by atoms with van der Waals surface area (Å²) in [6.45, 7) is 1.95. The van der Waals surface area contributed by atoms with Gasteiger partial charge < -0.3 is 10.3 Å². The largest absolute Gasteiger partial charge is 0.611 e. The maximum Gasteiger partial charge on any atom is 0.257 e. The molecule has 0 fully saturated rings. The lowest BCUT2D eigenvalue weighted by Crippen LogP contribution is -2.35. The van der Waals surface area contributed by atoms with E-state index in [1.165, 1.54) is 12.1 Å². The summed E-state index contributed by atoms with van der Waals surface area (Å²) < 4.78 is 36.0. The summed E-state index contributed by atoms with van der Waals surface area (Å²) in [4.78, 5) is 11.8. The van der Waals surface area contributed by atoms with Gasteiger partial charge in [-0.2, -0.15) is 0 Å². The Morgan fingerprint density at radius 1 is 1.43 bits per heavy atom. The van der Waals surface area contributed by atoms with Gasteiger partial charge in [-0.15, -0.1) is 12.4 Å². The molecule has 1 aromatic carbocycles. The van der Waals surface area contributed by atoms with Crippen molar-refractivity contribution >= 4 is 45.3 Å².